The average molecular weight is 479 g/mol. The highest BCUT2D eigenvalue weighted by atomic mass is 14.4. The lowest BCUT2D eigenvalue weighted by Gasteiger charge is -2.13. The molecule has 0 aliphatic heterocycles. The first kappa shape index (κ1) is 20.2. The van der Waals surface area contributed by atoms with Gasteiger partial charge in [0, 0.05) is 0 Å². The zero-order valence-corrected chi connectivity index (χ0v) is 20.7. The third-order valence-corrected chi connectivity index (χ3v) is 8.54. The second kappa shape index (κ2) is 7.31. The van der Waals surface area contributed by atoms with E-state index < -0.39 is 0 Å². The smallest absolute Gasteiger partial charge is 0.000763 e. The Balaban J connectivity index is 1.37. The van der Waals surface area contributed by atoms with E-state index in [9.17, 15) is 0 Å². The Morgan fingerprint density at radius 2 is 0.763 bits per heavy atom. The minimum absolute atomic E-state index is 1.28. The largest absolute Gasteiger partial charge is 0.0622 e. The van der Waals surface area contributed by atoms with Crippen LogP contribution in [-0.4, -0.2) is 0 Å². The lowest BCUT2D eigenvalue weighted by molar-refractivity contribution is 1.52. The van der Waals surface area contributed by atoms with Crippen LogP contribution in [0.2, 0.25) is 0 Å². The van der Waals surface area contributed by atoms with Gasteiger partial charge in [-0.2, -0.15) is 0 Å². The first-order chi connectivity index (χ1) is 18.9. The molecule has 0 saturated carbocycles. The molecule has 0 amide bonds. The van der Waals surface area contributed by atoms with E-state index in [-0.39, 0.29) is 0 Å². The first-order valence-electron chi connectivity index (χ1n) is 13.3. The van der Waals surface area contributed by atoms with Crippen LogP contribution in [0.4, 0.5) is 0 Å². The number of benzene rings is 6. The highest BCUT2D eigenvalue weighted by molar-refractivity contribution is 6.35. The van der Waals surface area contributed by atoms with E-state index in [0.29, 0.717) is 0 Å². The molecule has 0 heterocycles. The third kappa shape index (κ3) is 2.50. The maximum absolute atomic E-state index is 2.44. The number of allylic oxidation sites excluding steroid dienone is 2. The second-order valence-corrected chi connectivity index (χ2v) is 10.4. The van der Waals surface area contributed by atoms with Crippen molar-refractivity contribution in [2.75, 3.05) is 0 Å². The fourth-order valence-corrected chi connectivity index (χ4v) is 7.05. The molecule has 0 spiro atoms. The van der Waals surface area contributed by atoms with Crippen LogP contribution in [0.15, 0.2) is 133 Å². The molecule has 0 nitrogen and oxygen atoms in total. The van der Waals surface area contributed by atoms with Crippen LogP contribution in [0.25, 0.3) is 55.3 Å². The van der Waals surface area contributed by atoms with Crippen LogP contribution in [0, 0.1) is 0 Å². The zero-order valence-electron chi connectivity index (χ0n) is 20.7. The van der Waals surface area contributed by atoms with Crippen molar-refractivity contribution in [1.29, 1.82) is 0 Å². The Labute approximate surface area is 221 Å². The maximum Gasteiger partial charge on any atom is -0.000763 e. The summed E-state index contributed by atoms with van der Waals surface area (Å²) < 4.78 is 0. The summed E-state index contributed by atoms with van der Waals surface area (Å²) in [5, 5.41) is 2.69. The van der Waals surface area contributed by atoms with Gasteiger partial charge in [-0.15, -0.1) is 0 Å². The van der Waals surface area contributed by atoms with Crippen LogP contribution < -0.4 is 0 Å². The van der Waals surface area contributed by atoms with Crippen molar-refractivity contribution in [2.45, 2.75) is 0 Å². The van der Waals surface area contributed by atoms with Crippen molar-refractivity contribution in [3.8, 4) is 22.3 Å². The molecule has 0 fully saturated rings. The minimum atomic E-state index is 1.28. The summed E-state index contributed by atoms with van der Waals surface area (Å²) in [5.41, 5.74) is 18.7. The van der Waals surface area contributed by atoms with Crippen LogP contribution in [-0.2, 0) is 0 Å². The Morgan fingerprint density at radius 3 is 1.39 bits per heavy atom. The van der Waals surface area contributed by atoms with Gasteiger partial charge in [0.2, 0.25) is 0 Å². The molecule has 0 heteroatoms. The van der Waals surface area contributed by atoms with Crippen molar-refractivity contribution >= 4 is 33.1 Å². The molecular weight excluding hydrogens is 456 g/mol. The van der Waals surface area contributed by atoms with Crippen molar-refractivity contribution in [1.82, 2.24) is 0 Å². The SMILES string of the molecule is c1ccc(C2=C3C(=C(c4ccc5c(c4)-c4cccc6cccc-5c46)c4ccccc43)c3ccccc32)cc1. The fraction of sp³-hybridized carbons (Fsp3) is 0. The molecule has 174 valence electrons. The third-order valence-electron chi connectivity index (χ3n) is 8.54. The first-order valence-corrected chi connectivity index (χ1v) is 13.3. The molecular formula is C38H22. The van der Waals surface area contributed by atoms with Gasteiger partial charge in [0.05, 0.1) is 0 Å². The Morgan fingerprint density at radius 1 is 0.263 bits per heavy atom. The van der Waals surface area contributed by atoms with Gasteiger partial charge in [-0.1, -0.05) is 127 Å². The van der Waals surface area contributed by atoms with Crippen LogP contribution in [0.3, 0.4) is 0 Å². The quantitative estimate of drug-likeness (QED) is 0.232. The predicted octanol–water partition coefficient (Wildman–Crippen LogP) is 9.73. The summed E-state index contributed by atoms with van der Waals surface area (Å²) in [4.78, 5) is 0. The van der Waals surface area contributed by atoms with E-state index in [0.717, 1.165) is 0 Å². The minimum Gasteiger partial charge on any atom is -0.0622 e. The average Bonchev–Trinajstić information content (AvgIpc) is 3.61. The molecule has 0 radical (unpaired) electrons. The fourth-order valence-electron chi connectivity index (χ4n) is 7.05. The Hall–Kier alpha value is -4.94. The molecule has 0 N–H and O–H groups in total. The molecule has 9 rings (SSSR count). The van der Waals surface area contributed by atoms with Crippen molar-refractivity contribution in [3.05, 3.63) is 167 Å². The highest BCUT2D eigenvalue weighted by Crippen LogP contribution is 2.59. The summed E-state index contributed by atoms with van der Waals surface area (Å²) >= 11 is 0. The standard InChI is InChI=1S/C38H22/c1-2-10-24(11-3-1)35-28-14-4-6-16-30(28)38-36(29-15-5-7-17-31(29)37(35)38)25-20-21-26-27-18-8-12-23-13-9-19-32(34(23)27)33(26)22-25/h1-22H. The molecule has 6 aromatic carbocycles. The molecule has 0 aromatic heterocycles. The molecule has 0 saturated heterocycles. The van der Waals surface area contributed by atoms with E-state index in [1.165, 1.54) is 88.7 Å². The summed E-state index contributed by atoms with van der Waals surface area (Å²) in [6.45, 7) is 0. The van der Waals surface area contributed by atoms with Gasteiger partial charge in [-0.3, -0.25) is 0 Å². The van der Waals surface area contributed by atoms with Gasteiger partial charge in [-0.25, -0.2) is 0 Å². The monoisotopic (exact) mass is 478 g/mol. The van der Waals surface area contributed by atoms with E-state index in [1.54, 1.807) is 0 Å². The van der Waals surface area contributed by atoms with Gasteiger partial charge in [0.15, 0.2) is 0 Å². The lowest BCUT2D eigenvalue weighted by atomic mass is 9.90. The topological polar surface area (TPSA) is 0 Å². The summed E-state index contributed by atoms with van der Waals surface area (Å²) in [6, 6.07) is 49.3. The Bertz CT molecular complexity index is 2040. The van der Waals surface area contributed by atoms with Gasteiger partial charge in [0.1, 0.15) is 0 Å². The second-order valence-electron chi connectivity index (χ2n) is 10.4. The van der Waals surface area contributed by atoms with E-state index in [1.807, 2.05) is 0 Å². The van der Waals surface area contributed by atoms with Gasteiger partial charge in [0.25, 0.3) is 0 Å². The molecule has 6 aromatic rings. The lowest BCUT2D eigenvalue weighted by Crippen LogP contribution is -1.92. The van der Waals surface area contributed by atoms with E-state index >= 15 is 0 Å². The van der Waals surface area contributed by atoms with Crippen molar-refractivity contribution < 1.29 is 0 Å². The Kier molecular flexibility index (Phi) is 3.88. The maximum atomic E-state index is 2.44. The molecule has 38 heavy (non-hydrogen) atoms. The highest BCUT2D eigenvalue weighted by Gasteiger charge is 2.37. The molecule has 0 atom stereocenters. The van der Waals surface area contributed by atoms with Gasteiger partial charge < -0.3 is 0 Å². The van der Waals surface area contributed by atoms with E-state index in [2.05, 4.69) is 133 Å². The van der Waals surface area contributed by atoms with Crippen LogP contribution >= 0.6 is 0 Å². The summed E-state index contributed by atoms with van der Waals surface area (Å²) in [6.07, 6.45) is 0. The van der Waals surface area contributed by atoms with Gasteiger partial charge in [-0.05, 0) is 94.8 Å². The number of rotatable bonds is 2. The molecule has 0 bridgehead atoms. The summed E-state index contributed by atoms with van der Waals surface area (Å²) in [5.74, 6) is 0. The number of hydrogen-bond donors (Lipinski definition) is 0. The van der Waals surface area contributed by atoms with Crippen LogP contribution in [0.5, 0.6) is 0 Å². The number of hydrogen-bond acceptors (Lipinski definition) is 0. The predicted molar refractivity (Wildman–Crippen MR) is 160 cm³/mol. The van der Waals surface area contributed by atoms with Gasteiger partial charge >= 0.3 is 0 Å². The molecule has 3 aliphatic carbocycles. The molecule has 3 aliphatic rings. The van der Waals surface area contributed by atoms with Crippen molar-refractivity contribution in [3.63, 3.8) is 0 Å². The number of fused-ring (bicyclic) bond motifs is 8. The zero-order chi connectivity index (χ0) is 24.8. The summed E-state index contributed by atoms with van der Waals surface area (Å²) in [7, 11) is 0. The van der Waals surface area contributed by atoms with E-state index in [4.69, 9.17) is 0 Å². The molecule has 0 unspecified atom stereocenters. The van der Waals surface area contributed by atoms with Crippen LogP contribution in [0.1, 0.15) is 33.4 Å². The van der Waals surface area contributed by atoms with Crippen molar-refractivity contribution in [2.24, 2.45) is 0 Å². The normalized spacial score (nSPS) is 14.1.